The van der Waals surface area contributed by atoms with E-state index in [0.717, 1.165) is 11.1 Å². The minimum Gasteiger partial charge on any atom is -0.480 e. The maximum absolute atomic E-state index is 13.6. The van der Waals surface area contributed by atoms with E-state index < -0.39 is 42.0 Å². The fourth-order valence-corrected chi connectivity index (χ4v) is 4.75. The average molecular weight is 523 g/mol. The SMILES string of the molecule is CC(C)CC(NC(=O)C(N)Cc1ccccc1)C(=O)N1CCCC1C(=O)NC(Cc1ccccc1)C(=O)O. The van der Waals surface area contributed by atoms with Crippen molar-refractivity contribution in [1.29, 1.82) is 0 Å². The van der Waals surface area contributed by atoms with E-state index in [0.29, 0.717) is 32.2 Å². The van der Waals surface area contributed by atoms with Crippen LogP contribution in [0.5, 0.6) is 0 Å². The number of amides is 3. The Bertz CT molecular complexity index is 1090. The van der Waals surface area contributed by atoms with E-state index in [1.54, 1.807) is 12.1 Å². The van der Waals surface area contributed by atoms with Crippen LogP contribution in [-0.2, 0) is 32.0 Å². The van der Waals surface area contributed by atoms with Crippen LogP contribution in [-0.4, -0.2) is 64.4 Å². The van der Waals surface area contributed by atoms with E-state index in [9.17, 15) is 24.3 Å². The summed E-state index contributed by atoms with van der Waals surface area (Å²) in [4.78, 5) is 53.0. The number of rotatable bonds is 12. The van der Waals surface area contributed by atoms with Crippen LogP contribution in [0, 0.1) is 5.92 Å². The van der Waals surface area contributed by atoms with E-state index in [-0.39, 0.29) is 18.2 Å². The zero-order chi connectivity index (χ0) is 27.7. The summed E-state index contributed by atoms with van der Waals surface area (Å²) in [5, 5.41) is 15.1. The zero-order valence-electron chi connectivity index (χ0n) is 22.0. The molecule has 9 heteroatoms. The Balaban J connectivity index is 1.67. The molecule has 0 aromatic heterocycles. The van der Waals surface area contributed by atoms with Crippen LogP contribution in [0.2, 0.25) is 0 Å². The largest absolute Gasteiger partial charge is 0.480 e. The lowest BCUT2D eigenvalue weighted by molar-refractivity contribution is -0.145. The molecule has 38 heavy (non-hydrogen) atoms. The van der Waals surface area contributed by atoms with Gasteiger partial charge in [0.2, 0.25) is 17.7 Å². The fourth-order valence-electron chi connectivity index (χ4n) is 4.75. The van der Waals surface area contributed by atoms with E-state index in [1.807, 2.05) is 62.4 Å². The minimum absolute atomic E-state index is 0.103. The average Bonchev–Trinajstić information content (AvgIpc) is 3.38. The van der Waals surface area contributed by atoms with Crippen LogP contribution in [0.3, 0.4) is 0 Å². The van der Waals surface area contributed by atoms with Gasteiger partial charge in [-0.1, -0.05) is 74.5 Å². The molecular weight excluding hydrogens is 484 g/mol. The van der Waals surface area contributed by atoms with Crippen molar-refractivity contribution in [2.24, 2.45) is 11.7 Å². The number of benzene rings is 2. The molecule has 1 saturated heterocycles. The summed E-state index contributed by atoms with van der Waals surface area (Å²) in [5.41, 5.74) is 7.85. The molecule has 204 valence electrons. The number of nitrogens with two attached hydrogens (primary N) is 1. The smallest absolute Gasteiger partial charge is 0.326 e. The highest BCUT2D eigenvalue weighted by Crippen LogP contribution is 2.21. The summed E-state index contributed by atoms with van der Waals surface area (Å²) in [7, 11) is 0. The summed E-state index contributed by atoms with van der Waals surface area (Å²) >= 11 is 0. The van der Waals surface area contributed by atoms with Gasteiger partial charge in [-0.25, -0.2) is 4.79 Å². The van der Waals surface area contributed by atoms with Crippen LogP contribution < -0.4 is 16.4 Å². The van der Waals surface area contributed by atoms with Gasteiger partial charge in [-0.2, -0.15) is 0 Å². The number of carboxylic acids is 1. The molecule has 0 spiro atoms. The number of hydrogen-bond donors (Lipinski definition) is 4. The van der Waals surface area contributed by atoms with Crippen molar-refractivity contribution in [3.8, 4) is 0 Å². The second-order valence-corrected chi connectivity index (χ2v) is 10.3. The second kappa shape index (κ2) is 13.7. The number of carbonyl (C=O) groups is 4. The Morgan fingerprint density at radius 2 is 1.50 bits per heavy atom. The molecule has 1 fully saturated rings. The monoisotopic (exact) mass is 522 g/mol. The summed E-state index contributed by atoms with van der Waals surface area (Å²) in [6.07, 6.45) is 1.89. The number of hydrogen-bond acceptors (Lipinski definition) is 5. The highest BCUT2D eigenvalue weighted by molar-refractivity contribution is 5.94. The second-order valence-electron chi connectivity index (χ2n) is 10.3. The molecule has 5 N–H and O–H groups in total. The molecule has 0 saturated carbocycles. The van der Waals surface area contributed by atoms with Gasteiger partial charge < -0.3 is 26.4 Å². The zero-order valence-corrected chi connectivity index (χ0v) is 22.0. The first kappa shape index (κ1) is 28.8. The van der Waals surface area contributed by atoms with E-state index >= 15 is 0 Å². The third-order valence-electron chi connectivity index (χ3n) is 6.69. The van der Waals surface area contributed by atoms with Gasteiger partial charge in [0.25, 0.3) is 0 Å². The maximum atomic E-state index is 13.6. The Kier molecular flexibility index (Phi) is 10.4. The number of nitrogens with zero attached hydrogens (tertiary/aromatic N) is 1. The first-order valence-corrected chi connectivity index (χ1v) is 13.1. The van der Waals surface area contributed by atoms with Crippen molar-refractivity contribution < 1.29 is 24.3 Å². The number of carboxylic acid groups (broad SMARTS) is 1. The molecule has 4 atom stereocenters. The predicted octanol–water partition coefficient (Wildman–Crippen LogP) is 1.89. The standard InChI is InChI=1S/C29H38N4O5/c1-19(2)16-23(31-26(34)22(30)17-20-10-5-3-6-11-20)28(36)33-15-9-14-25(33)27(35)32-24(29(37)38)18-21-12-7-4-8-13-21/h3-8,10-13,19,22-25H,9,14-18,30H2,1-2H3,(H,31,34)(H,32,35)(H,37,38). The minimum atomic E-state index is -1.14. The first-order valence-electron chi connectivity index (χ1n) is 13.1. The fraction of sp³-hybridized carbons (Fsp3) is 0.448. The van der Waals surface area contributed by atoms with Gasteiger partial charge in [0.1, 0.15) is 18.1 Å². The molecule has 1 heterocycles. The van der Waals surface area contributed by atoms with Crippen molar-refractivity contribution in [2.45, 2.75) is 70.1 Å². The van der Waals surface area contributed by atoms with Gasteiger partial charge >= 0.3 is 5.97 Å². The van der Waals surface area contributed by atoms with Gasteiger partial charge in [0.15, 0.2) is 0 Å². The molecule has 3 amide bonds. The molecule has 1 aliphatic rings. The highest BCUT2D eigenvalue weighted by Gasteiger charge is 2.39. The molecule has 1 aliphatic heterocycles. The Hall–Kier alpha value is -3.72. The lowest BCUT2D eigenvalue weighted by atomic mass is 10.0. The molecule has 4 unspecified atom stereocenters. The Morgan fingerprint density at radius 1 is 0.921 bits per heavy atom. The number of nitrogens with one attached hydrogen (secondary N) is 2. The first-order chi connectivity index (χ1) is 18.2. The molecule has 2 aromatic carbocycles. The van der Waals surface area contributed by atoms with Gasteiger partial charge in [-0.15, -0.1) is 0 Å². The summed E-state index contributed by atoms with van der Waals surface area (Å²) in [6, 6.07) is 14.9. The molecule has 2 aromatic rings. The van der Waals surface area contributed by atoms with Crippen LogP contribution in [0.15, 0.2) is 60.7 Å². The Labute approximate surface area is 223 Å². The predicted molar refractivity (Wildman–Crippen MR) is 144 cm³/mol. The summed E-state index contributed by atoms with van der Waals surface area (Å²) < 4.78 is 0. The molecule has 0 aliphatic carbocycles. The quantitative estimate of drug-likeness (QED) is 0.335. The Morgan fingerprint density at radius 3 is 2.05 bits per heavy atom. The van der Waals surface area contributed by atoms with Crippen LogP contribution >= 0.6 is 0 Å². The van der Waals surface area contributed by atoms with E-state index in [1.165, 1.54) is 4.90 Å². The number of carbonyl (C=O) groups excluding carboxylic acids is 3. The van der Waals surface area contributed by atoms with Crippen molar-refractivity contribution in [3.63, 3.8) is 0 Å². The number of aliphatic carboxylic acids is 1. The lowest BCUT2D eigenvalue weighted by Gasteiger charge is -2.30. The number of likely N-dealkylation sites (tertiary alicyclic amines) is 1. The third kappa shape index (κ3) is 8.14. The van der Waals surface area contributed by atoms with Crippen molar-refractivity contribution >= 4 is 23.7 Å². The summed E-state index contributed by atoms with van der Waals surface area (Å²) in [5.74, 6) is -2.33. The highest BCUT2D eigenvalue weighted by atomic mass is 16.4. The molecule has 3 rings (SSSR count). The molecule has 0 bridgehead atoms. The molecule has 0 radical (unpaired) electrons. The van der Waals surface area contributed by atoms with Gasteiger partial charge in [0, 0.05) is 13.0 Å². The maximum Gasteiger partial charge on any atom is 0.326 e. The molecular formula is C29H38N4O5. The van der Waals surface area contributed by atoms with E-state index in [4.69, 9.17) is 5.73 Å². The van der Waals surface area contributed by atoms with Crippen molar-refractivity contribution in [3.05, 3.63) is 71.8 Å². The van der Waals surface area contributed by atoms with Crippen LogP contribution in [0.25, 0.3) is 0 Å². The van der Waals surface area contributed by atoms with Gasteiger partial charge in [0.05, 0.1) is 6.04 Å². The van der Waals surface area contributed by atoms with Gasteiger partial charge in [-0.3, -0.25) is 14.4 Å². The van der Waals surface area contributed by atoms with Crippen molar-refractivity contribution in [1.82, 2.24) is 15.5 Å². The molecule has 9 nitrogen and oxygen atoms in total. The normalized spacial score (nSPS) is 17.5. The van der Waals surface area contributed by atoms with Crippen LogP contribution in [0.1, 0.15) is 44.2 Å². The van der Waals surface area contributed by atoms with E-state index in [2.05, 4.69) is 10.6 Å². The van der Waals surface area contributed by atoms with Crippen molar-refractivity contribution in [2.75, 3.05) is 6.54 Å². The van der Waals surface area contributed by atoms with Gasteiger partial charge in [-0.05, 0) is 42.7 Å². The topological polar surface area (TPSA) is 142 Å². The third-order valence-corrected chi connectivity index (χ3v) is 6.69. The summed E-state index contributed by atoms with van der Waals surface area (Å²) in [6.45, 7) is 4.25. The van der Waals surface area contributed by atoms with Crippen LogP contribution in [0.4, 0.5) is 0 Å². The lowest BCUT2D eigenvalue weighted by Crippen LogP contribution is -2.57.